The average Bonchev–Trinajstić information content (AvgIpc) is 2.92. The minimum absolute atomic E-state index is 0.0428. The number of nitrogens with zero attached hydrogens (tertiary/aromatic N) is 1. The summed E-state index contributed by atoms with van der Waals surface area (Å²) >= 11 is 0. The topological polar surface area (TPSA) is 90.9 Å². The van der Waals surface area contributed by atoms with Gasteiger partial charge in [-0.1, -0.05) is 12.1 Å². The fourth-order valence-corrected chi connectivity index (χ4v) is 4.06. The number of amides is 2. The molecule has 208 valence electrons. The average molecular weight is 558 g/mol. The van der Waals surface area contributed by atoms with E-state index in [0.29, 0.717) is 28.1 Å². The molecule has 0 fully saturated rings. The van der Waals surface area contributed by atoms with Crippen molar-refractivity contribution in [3.05, 3.63) is 78.2 Å². The minimum Gasteiger partial charge on any atom is -0.485 e. The van der Waals surface area contributed by atoms with E-state index in [4.69, 9.17) is 18.9 Å². The van der Waals surface area contributed by atoms with Crippen molar-refractivity contribution < 1.29 is 41.3 Å². The van der Waals surface area contributed by atoms with Gasteiger partial charge < -0.3 is 29.6 Å². The molecule has 2 heterocycles. The van der Waals surface area contributed by atoms with Gasteiger partial charge in [0.25, 0.3) is 0 Å². The van der Waals surface area contributed by atoms with E-state index in [1.54, 1.807) is 49.4 Å². The number of carbonyl (C=O) groups is 1. The first-order valence-electron chi connectivity index (χ1n) is 12.2. The summed E-state index contributed by atoms with van der Waals surface area (Å²) in [6.45, 7) is 0.610. The molecule has 1 aliphatic rings. The largest absolute Gasteiger partial charge is 0.485 e. The third-order valence-corrected chi connectivity index (χ3v) is 5.89. The molecule has 0 radical (unpaired) electrons. The monoisotopic (exact) mass is 557 g/mol. The van der Waals surface area contributed by atoms with Crippen LogP contribution in [0.25, 0.3) is 10.9 Å². The van der Waals surface area contributed by atoms with Gasteiger partial charge in [0, 0.05) is 18.0 Å². The molecule has 0 bridgehead atoms. The first-order chi connectivity index (χ1) is 19.2. The first kappa shape index (κ1) is 26.9. The van der Waals surface area contributed by atoms with E-state index >= 15 is 0 Å². The molecule has 2 N–H and O–H groups in total. The lowest BCUT2D eigenvalue weighted by molar-refractivity contribution is -0.153. The standard InChI is InChI=1S/C28H23F4N3O5/c1-16(17-2-4-18(29)5-3-17)34-27(36)35-19-6-8-20(9-7-19)40-22-10-11-33-21-14-23(39-15-28(30,31)32)25-26(24(21)22)38-13-12-37-25/h2-11,14,16H,12-13,15H2,1H3,(H2,34,35,36)/t16-/m1/s1. The van der Waals surface area contributed by atoms with Gasteiger partial charge in [-0.3, -0.25) is 4.98 Å². The summed E-state index contributed by atoms with van der Waals surface area (Å²) in [6, 6.07) is 14.5. The van der Waals surface area contributed by atoms with Crippen LogP contribution in [0.5, 0.6) is 28.7 Å². The van der Waals surface area contributed by atoms with Crippen LogP contribution in [0, 0.1) is 5.82 Å². The molecule has 0 unspecified atom stereocenters. The van der Waals surface area contributed by atoms with Crippen LogP contribution >= 0.6 is 0 Å². The third-order valence-electron chi connectivity index (χ3n) is 5.89. The van der Waals surface area contributed by atoms with Gasteiger partial charge in [0.1, 0.15) is 30.5 Å². The van der Waals surface area contributed by atoms with Crippen LogP contribution in [0.2, 0.25) is 0 Å². The second-order valence-corrected chi connectivity index (χ2v) is 8.84. The molecule has 0 saturated heterocycles. The minimum atomic E-state index is -4.53. The summed E-state index contributed by atoms with van der Waals surface area (Å²) in [7, 11) is 0. The van der Waals surface area contributed by atoms with E-state index < -0.39 is 18.8 Å². The number of hydrogen-bond donors (Lipinski definition) is 2. The van der Waals surface area contributed by atoms with Crippen molar-refractivity contribution in [3.63, 3.8) is 0 Å². The van der Waals surface area contributed by atoms with Gasteiger partial charge in [-0.05, 0) is 55.0 Å². The third kappa shape index (κ3) is 6.28. The number of benzene rings is 3. The normalized spacial score (nSPS) is 13.4. The van der Waals surface area contributed by atoms with Crippen LogP contribution in [0.1, 0.15) is 18.5 Å². The number of alkyl halides is 3. The lowest BCUT2D eigenvalue weighted by Gasteiger charge is -2.23. The van der Waals surface area contributed by atoms with E-state index in [-0.39, 0.29) is 42.3 Å². The van der Waals surface area contributed by atoms with Crippen molar-refractivity contribution in [3.8, 4) is 28.7 Å². The Morgan fingerprint density at radius 1 is 1.00 bits per heavy atom. The summed E-state index contributed by atoms with van der Waals surface area (Å²) in [5.74, 6) is 0.479. The van der Waals surface area contributed by atoms with Crippen LogP contribution in [0.3, 0.4) is 0 Å². The van der Waals surface area contributed by atoms with E-state index in [1.165, 1.54) is 24.4 Å². The van der Waals surface area contributed by atoms with Crippen molar-refractivity contribution in [1.29, 1.82) is 0 Å². The fraction of sp³-hybridized carbons (Fsp3) is 0.214. The number of carbonyl (C=O) groups excluding carboxylic acids is 1. The number of fused-ring (bicyclic) bond motifs is 3. The van der Waals surface area contributed by atoms with Gasteiger partial charge in [0.05, 0.1) is 16.9 Å². The molecular weight excluding hydrogens is 534 g/mol. The molecule has 8 nitrogen and oxygen atoms in total. The molecular formula is C28H23F4N3O5. The summed E-state index contributed by atoms with van der Waals surface area (Å²) in [5, 5.41) is 5.91. The fourth-order valence-electron chi connectivity index (χ4n) is 4.06. The van der Waals surface area contributed by atoms with E-state index in [2.05, 4.69) is 15.6 Å². The quantitative estimate of drug-likeness (QED) is 0.244. The van der Waals surface area contributed by atoms with Crippen molar-refractivity contribution in [1.82, 2.24) is 10.3 Å². The summed E-state index contributed by atoms with van der Waals surface area (Å²) < 4.78 is 73.8. The Morgan fingerprint density at radius 2 is 1.70 bits per heavy atom. The van der Waals surface area contributed by atoms with Gasteiger partial charge in [-0.25, -0.2) is 9.18 Å². The number of rotatable bonds is 7. The maximum Gasteiger partial charge on any atom is 0.422 e. The highest BCUT2D eigenvalue weighted by Crippen LogP contribution is 2.48. The molecule has 40 heavy (non-hydrogen) atoms. The van der Waals surface area contributed by atoms with Crippen molar-refractivity contribution in [2.45, 2.75) is 19.1 Å². The molecule has 0 saturated carbocycles. The number of urea groups is 1. The molecule has 1 aromatic heterocycles. The highest BCUT2D eigenvalue weighted by molar-refractivity contribution is 5.95. The molecule has 5 rings (SSSR count). The Balaban J connectivity index is 1.31. The molecule has 0 aliphatic carbocycles. The lowest BCUT2D eigenvalue weighted by Crippen LogP contribution is -2.31. The molecule has 12 heteroatoms. The van der Waals surface area contributed by atoms with Gasteiger partial charge >= 0.3 is 12.2 Å². The van der Waals surface area contributed by atoms with Crippen LogP contribution in [0.4, 0.5) is 28.0 Å². The molecule has 0 spiro atoms. The van der Waals surface area contributed by atoms with Crippen LogP contribution in [-0.4, -0.2) is 37.0 Å². The smallest absolute Gasteiger partial charge is 0.422 e. The van der Waals surface area contributed by atoms with E-state index in [9.17, 15) is 22.4 Å². The maximum atomic E-state index is 13.1. The summed E-state index contributed by atoms with van der Waals surface area (Å²) in [5.41, 5.74) is 1.54. The Morgan fingerprint density at radius 3 is 2.40 bits per heavy atom. The Labute approximate surface area is 225 Å². The highest BCUT2D eigenvalue weighted by Gasteiger charge is 2.31. The van der Waals surface area contributed by atoms with E-state index in [0.717, 1.165) is 5.56 Å². The predicted molar refractivity (Wildman–Crippen MR) is 138 cm³/mol. The van der Waals surface area contributed by atoms with Gasteiger partial charge in [-0.2, -0.15) is 13.2 Å². The summed E-state index contributed by atoms with van der Waals surface area (Å²) in [4.78, 5) is 16.7. The number of nitrogens with one attached hydrogen (secondary N) is 2. The molecule has 3 aromatic carbocycles. The number of aromatic nitrogens is 1. The molecule has 1 atom stereocenters. The van der Waals surface area contributed by atoms with Gasteiger partial charge in [0.2, 0.25) is 5.75 Å². The molecule has 4 aromatic rings. The highest BCUT2D eigenvalue weighted by atomic mass is 19.4. The van der Waals surface area contributed by atoms with Crippen LogP contribution < -0.4 is 29.6 Å². The number of ether oxygens (including phenoxy) is 4. The lowest BCUT2D eigenvalue weighted by atomic mass is 10.1. The summed E-state index contributed by atoms with van der Waals surface area (Å²) in [6.07, 6.45) is -3.08. The number of pyridine rings is 1. The van der Waals surface area contributed by atoms with Crippen molar-refractivity contribution in [2.75, 3.05) is 25.1 Å². The zero-order chi connectivity index (χ0) is 28.3. The number of halogens is 4. The number of hydrogen-bond acceptors (Lipinski definition) is 6. The maximum absolute atomic E-state index is 13.1. The Bertz CT molecular complexity index is 1510. The predicted octanol–water partition coefficient (Wildman–Crippen LogP) is 6.76. The van der Waals surface area contributed by atoms with Crippen LogP contribution in [-0.2, 0) is 0 Å². The second-order valence-electron chi connectivity index (χ2n) is 8.84. The molecule has 1 aliphatic heterocycles. The van der Waals surface area contributed by atoms with Crippen LogP contribution in [0.15, 0.2) is 66.9 Å². The first-order valence-corrected chi connectivity index (χ1v) is 12.2. The zero-order valence-electron chi connectivity index (χ0n) is 21.0. The number of anilines is 1. The van der Waals surface area contributed by atoms with Crippen molar-refractivity contribution in [2.24, 2.45) is 0 Å². The van der Waals surface area contributed by atoms with Gasteiger partial charge in [-0.15, -0.1) is 0 Å². The van der Waals surface area contributed by atoms with Gasteiger partial charge in [0.15, 0.2) is 18.1 Å². The second kappa shape index (κ2) is 11.2. The van der Waals surface area contributed by atoms with E-state index in [1.807, 2.05) is 0 Å². The van der Waals surface area contributed by atoms with Crippen molar-refractivity contribution >= 4 is 22.6 Å². The Hall–Kier alpha value is -4.74. The zero-order valence-corrected chi connectivity index (χ0v) is 21.0. The SMILES string of the molecule is C[C@@H](NC(=O)Nc1ccc(Oc2ccnc3cc(OCC(F)(F)F)c4c(c23)OCCO4)cc1)c1ccc(F)cc1. The Kier molecular flexibility index (Phi) is 7.50. The molecule has 2 amide bonds.